The maximum atomic E-state index is 12.0. The molecule has 5 aromatic rings. The molecule has 0 atom stereocenters. The first kappa shape index (κ1) is 16.1. The minimum atomic E-state index is -0.446. The molecular weight excluding hydrogens is 356 g/mol. The van der Waals surface area contributed by atoms with Crippen LogP contribution in [0.4, 0.5) is 11.4 Å². The molecule has 0 unspecified atom stereocenters. The molecule has 0 spiro atoms. The van der Waals surface area contributed by atoms with Crippen molar-refractivity contribution < 1.29 is 9.85 Å². The van der Waals surface area contributed by atoms with Gasteiger partial charge in [-0.3, -0.25) is 20.2 Å². The first-order valence-corrected chi connectivity index (χ1v) is 8.64. The van der Waals surface area contributed by atoms with Crippen molar-refractivity contribution in [2.75, 3.05) is 0 Å². The zero-order valence-corrected chi connectivity index (χ0v) is 14.5. The Labute approximate surface area is 157 Å². The largest absolute Gasteiger partial charge is 0.285 e. The summed E-state index contributed by atoms with van der Waals surface area (Å²) in [5.74, 6) is 0. The van der Waals surface area contributed by atoms with Crippen LogP contribution in [-0.2, 0) is 0 Å². The van der Waals surface area contributed by atoms with Crippen LogP contribution in [0.2, 0.25) is 0 Å². The molecule has 28 heavy (non-hydrogen) atoms. The highest BCUT2D eigenvalue weighted by Gasteiger charge is 2.28. The zero-order valence-electron chi connectivity index (χ0n) is 14.5. The Morgan fingerprint density at radius 3 is 0.964 bits per heavy atom. The molecule has 0 aromatic heterocycles. The summed E-state index contributed by atoms with van der Waals surface area (Å²) in [6.07, 6.45) is 0. The van der Waals surface area contributed by atoms with Gasteiger partial charge in [-0.1, -0.05) is 48.5 Å². The number of non-ortho nitro benzene ring substituents is 2. The van der Waals surface area contributed by atoms with Gasteiger partial charge in [0, 0.05) is 0 Å². The maximum absolute atomic E-state index is 12.0. The van der Waals surface area contributed by atoms with Crippen molar-refractivity contribution >= 4 is 54.5 Å². The van der Waals surface area contributed by atoms with Gasteiger partial charge < -0.3 is 0 Å². The van der Waals surface area contributed by atoms with Gasteiger partial charge in [-0.25, -0.2) is 0 Å². The second-order valence-electron chi connectivity index (χ2n) is 6.70. The fraction of sp³-hybridized carbons (Fsp3) is 0. The van der Waals surface area contributed by atoms with E-state index in [1.165, 1.54) is 0 Å². The predicted molar refractivity (Wildman–Crippen MR) is 110 cm³/mol. The number of nitro benzene ring substituents is 2. The van der Waals surface area contributed by atoms with E-state index < -0.39 is 9.85 Å². The molecule has 0 fully saturated rings. The van der Waals surface area contributed by atoms with Gasteiger partial charge in [0.2, 0.25) is 0 Å². The Balaban J connectivity index is 2.13. The van der Waals surface area contributed by atoms with Crippen molar-refractivity contribution in [3.63, 3.8) is 0 Å². The Hall–Kier alpha value is -4.06. The van der Waals surface area contributed by atoms with Gasteiger partial charge in [-0.05, 0) is 45.8 Å². The molecule has 0 radical (unpaired) electrons. The molecule has 0 saturated heterocycles. The molecule has 6 nitrogen and oxygen atoms in total. The van der Waals surface area contributed by atoms with E-state index in [-0.39, 0.29) is 32.9 Å². The molecule has 0 aliphatic rings. The lowest BCUT2D eigenvalue weighted by molar-refractivity contribution is -0.384. The van der Waals surface area contributed by atoms with Crippen LogP contribution in [0.5, 0.6) is 0 Å². The summed E-state index contributed by atoms with van der Waals surface area (Å²) < 4.78 is 0. The van der Waals surface area contributed by atoms with Gasteiger partial charge >= 0.3 is 0 Å². The number of nitrogens with zero attached hydrogens (tertiary/aromatic N) is 2. The van der Waals surface area contributed by atoms with Gasteiger partial charge in [-0.2, -0.15) is 0 Å². The second kappa shape index (κ2) is 5.72. The number of hydrogen-bond donors (Lipinski definition) is 0. The third-order valence-electron chi connectivity index (χ3n) is 5.16. The highest BCUT2D eigenvalue weighted by atomic mass is 16.6. The summed E-state index contributed by atoms with van der Waals surface area (Å²) in [7, 11) is 0. The van der Waals surface area contributed by atoms with Crippen LogP contribution in [0, 0.1) is 20.2 Å². The number of rotatable bonds is 2. The van der Waals surface area contributed by atoms with Crippen LogP contribution >= 0.6 is 0 Å². The highest BCUT2D eigenvalue weighted by molar-refractivity contribution is 6.20. The standard InChI is InChI=1S/C22H12N2O4/c25-23(26)21-17-9-13-5-1-2-6-14(13)10-18(17)22(24(27)28)20-12-16-8-4-3-7-15(16)11-19(20)21/h1-12H. The summed E-state index contributed by atoms with van der Waals surface area (Å²) in [5.41, 5.74) is -0.209. The predicted octanol–water partition coefficient (Wildman–Crippen LogP) is 6.12. The molecule has 6 heteroatoms. The molecule has 0 aliphatic heterocycles. The lowest BCUT2D eigenvalue weighted by Crippen LogP contribution is -1.98. The van der Waals surface area contributed by atoms with Gasteiger partial charge in [-0.15, -0.1) is 0 Å². The third-order valence-corrected chi connectivity index (χ3v) is 5.16. The first-order valence-electron chi connectivity index (χ1n) is 8.64. The van der Waals surface area contributed by atoms with E-state index >= 15 is 0 Å². The normalized spacial score (nSPS) is 11.4. The molecule has 0 bridgehead atoms. The molecule has 5 aromatic carbocycles. The van der Waals surface area contributed by atoms with E-state index in [2.05, 4.69) is 0 Å². The lowest BCUT2D eigenvalue weighted by atomic mass is 9.94. The van der Waals surface area contributed by atoms with Crippen molar-refractivity contribution in [2.24, 2.45) is 0 Å². The van der Waals surface area contributed by atoms with Crippen LogP contribution in [0.25, 0.3) is 43.1 Å². The smallest absolute Gasteiger partial charge is 0.258 e. The van der Waals surface area contributed by atoms with Crippen LogP contribution < -0.4 is 0 Å². The number of fused-ring (bicyclic) bond motifs is 4. The fourth-order valence-electron chi connectivity index (χ4n) is 3.95. The molecule has 0 saturated carbocycles. The lowest BCUT2D eigenvalue weighted by Gasteiger charge is -2.10. The molecule has 5 rings (SSSR count). The molecule has 0 N–H and O–H groups in total. The van der Waals surface area contributed by atoms with E-state index in [1.54, 1.807) is 24.3 Å². The summed E-state index contributed by atoms with van der Waals surface area (Å²) >= 11 is 0. The van der Waals surface area contributed by atoms with Crippen LogP contribution in [0.1, 0.15) is 0 Å². The first-order chi connectivity index (χ1) is 13.5. The summed E-state index contributed by atoms with van der Waals surface area (Å²) in [6, 6.07) is 21.4. The Morgan fingerprint density at radius 1 is 0.500 bits per heavy atom. The average molecular weight is 368 g/mol. The fourth-order valence-corrected chi connectivity index (χ4v) is 3.95. The van der Waals surface area contributed by atoms with Crippen LogP contribution in [0.15, 0.2) is 72.8 Å². The van der Waals surface area contributed by atoms with Gasteiger partial charge in [0.1, 0.15) is 0 Å². The summed E-state index contributed by atoms with van der Waals surface area (Å²) in [5, 5.41) is 28.3. The summed E-state index contributed by atoms with van der Waals surface area (Å²) in [6.45, 7) is 0. The van der Waals surface area contributed by atoms with Crippen LogP contribution in [-0.4, -0.2) is 9.85 Å². The van der Waals surface area contributed by atoms with Crippen molar-refractivity contribution in [3.05, 3.63) is 93.0 Å². The Kier molecular flexibility index (Phi) is 3.30. The second-order valence-corrected chi connectivity index (χ2v) is 6.70. The molecule has 0 aliphatic carbocycles. The highest BCUT2D eigenvalue weighted by Crippen LogP contribution is 2.44. The Bertz CT molecular complexity index is 1270. The minimum Gasteiger partial charge on any atom is -0.258 e. The van der Waals surface area contributed by atoms with E-state index in [0.29, 0.717) is 0 Å². The maximum Gasteiger partial charge on any atom is 0.285 e. The Morgan fingerprint density at radius 2 is 0.750 bits per heavy atom. The number of hydrogen-bond acceptors (Lipinski definition) is 4. The molecular formula is C22H12N2O4. The molecule has 134 valence electrons. The number of nitro groups is 2. The van der Waals surface area contributed by atoms with Gasteiger partial charge in [0.25, 0.3) is 11.4 Å². The van der Waals surface area contributed by atoms with Gasteiger partial charge in [0.15, 0.2) is 0 Å². The quantitative estimate of drug-likeness (QED) is 0.213. The van der Waals surface area contributed by atoms with Crippen molar-refractivity contribution in [1.29, 1.82) is 0 Å². The number of benzene rings is 5. The van der Waals surface area contributed by atoms with Crippen molar-refractivity contribution in [2.45, 2.75) is 0 Å². The van der Waals surface area contributed by atoms with E-state index in [0.717, 1.165) is 21.5 Å². The minimum absolute atomic E-state index is 0.105. The van der Waals surface area contributed by atoms with E-state index in [1.807, 2.05) is 48.5 Å². The third kappa shape index (κ3) is 2.21. The molecule has 0 heterocycles. The SMILES string of the molecule is O=[N+]([O-])c1c2cc3ccccc3cc2c([N+](=O)[O-])c2cc3ccccc3cc12. The van der Waals surface area contributed by atoms with E-state index in [9.17, 15) is 20.2 Å². The van der Waals surface area contributed by atoms with Crippen molar-refractivity contribution in [1.82, 2.24) is 0 Å². The van der Waals surface area contributed by atoms with E-state index in [4.69, 9.17) is 0 Å². The van der Waals surface area contributed by atoms with Crippen molar-refractivity contribution in [3.8, 4) is 0 Å². The van der Waals surface area contributed by atoms with Gasteiger partial charge in [0.05, 0.1) is 31.4 Å². The summed E-state index contributed by atoms with van der Waals surface area (Å²) in [4.78, 5) is 23.1. The topological polar surface area (TPSA) is 86.3 Å². The van der Waals surface area contributed by atoms with Crippen LogP contribution in [0.3, 0.4) is 0 Å². The zero-order chi connectivity index (χ0) is 19.4. The monoisotopic (exact) mass is 368 g/mol. The molecule has 0 amide bonds. The average Bonchev–Trinajstić information content (AvgIpc) is 2.68.